The Hall–Kier alpha value is -1.58. The maximum atomic E-state index is 13.3. The van der Waals surface area contributed by atoms with Crippen molar-refractivity contribution in [2.75, 3.05) is 5.73 Å². The highest BCUT2D eigenvalue weighted by molar-refractivity contribution is 5.94. The van der Waals surface area contributed by atoms with Gasteiger partial charge in [0.25, 0.3) is 5.91 Å². The first kappa shape index (κ1) is 15.5. The highest BCUT2D eigenvalue weighted by atomic mass is 19.1. The molecule has 3 N–H and O–H groups in total. The summed E-state index contributed by atoms with van der Waals surface area (Å²) >= 11 is 0. The normalized spacial score (nSPS) is 12.2. The fourth-order valence-corrected chi connectivity index (χ4v) is 2.02. The summed E-state index contributed by atoms with van der Waals surface area (Å²) < 4.78 is 13.3. The number of halogens is 1. The predicted octanol–water partition coefficient (Wildman–Crippen LogP) is 3.50. The summed E-state index contributed by atoms with van der Waals surface area (Å²) in [6, 6.07) is 4.33. The molecule has 3 nitrogen and oxygen atoms in total. The van der Waals surface area contributed by atoms with Crippen molar-refractivity contribution in [3.05, 3.63) is 29.6 Å². The fraction of sp³-hybridized carbons (Fsp3) is 0.533. The number of nitrogens with one attached hydrogen (secondary N) is 1. The monoisotopic (exact) mass is 266 g/mol. The van der Waals surface area contributed by atoms with E-state index in [-0.39, 0.29) is 17.6 Å². The Labute approximate surface area is 114 Å². The second kappa shape index (κ2) is 7.77. The molecule has 19 heavy (non-hydrogen) atoms. The molecular formula is C15H23FN2O. The van der Waals surface area contributed by atoms with E-state index in [4.69, 9.17) is 5.73 Å². The Bertz CT molecular complexity index is 421. The van der Waals surface area contributed by atoms with Crippen LogP contribution in [-0.2, 0) is 0 Å². The quantitative estimate of drug-likeness (QED) is 0.742. The van der Waals surface area contributed by atoms with Gasteiger partial charge in [0.15, 0.2) is 0 Å². The van der Waals surface area contributed by atoms with E-state index in [1.54, 1.807) is 6.07 Å². The predicted molar refractivity (Wildman–Crippen MR) is 76.5 cm³/mol. The van der Waals surface area contributed by atoms with E-state index in [2.05, 4.69) is 19.2 Å². The molecule has 0 aliphatic heterocycles. The van der Waals surface area contributed by atoms with E-state index in [0.29, 0.717) is 5.56 Å². The number of carbonyl (C=O) groups excluding carboxylic acids is 1. The number of nitrogen functional groups attached to an aromatic ring is 1. The molecule has 0 fully saturated rings. The minimum atomic E-state index is -0.548. The van der Waals surface area contributed by atoms with Crippen LogP contribution >= 0.6 is 0 Å². The van der Waals surface area contributed by atoms with Crippen LogP contribution in [0.25, 0.3) is 0 Å². The molecule has 1 amide bonds. The first-order chi connectivity index (χ1) is 9.08. The third-order valence-corrected chi connectivity index (χ3v) is 3.14. The van der Waals surface area contributed by atoms with Crippen LogP contribution in [0.5, 0.6) is 0 Å². The number of benzene rings is 1. The average molecular weight is 266 g/mol. The van der Waals surface area contributed by atoms with E-state index in [9.17, 15) is 9.18 Å². The number of carbonyl (C=O) groups is 1. The smallest absolute Gasteiger partial charge is 0.251 e. The minimum Gasteiger partial charge on any atom is -0.396 e. The SMILES string of the molecule is CCCCC(CCC)NC(=O)c1ccc(N)c(F)c1. The first-order valence-electron chi connectivity index (χ1n) is 6.94. The third kappa shape index (κ3) is 4.89. The highest BCUT2D eigenvalue weighted by Gasteiger charge is 2.13. The molecule has 1 rings (SSSR count). The number of amides is 1. The topological polar surface area (TPSA) is 55.1 Å². The zero-order valence-corrected chi connectivity index (χ0v) is 11.7. The molecule has 106 valence electrons. The van der Waals surface area contributed by atoms with E-state index in [1.165, 1.54) is 12.1 Å². The lowest BCUT2D eigenvalue weighted by Crippen LogP contribution is -2.34. The zero-order chi connectivity index (χ0) is 14.3. The first-order valence-corrected chi connectivity index (χ1v) is 6.94. The molecule has 1 aromatic carbocycles. The maximum Gasteiger partial charge on any atom is 0.251 e. The Kier molecular flexibility index (Phi) is 6.33. The molecule has 0 aliphatic carbocycles. The largest absolute Gasteiger partial charge is 0.396 e. The zero-order valence-electron chi connectivity index (χ0n) is 11.7. The molecule has 1 unspecified atom stereocenters. The molecule has 1 atom stereocenters. The molecule has 0 radical (unpaired) electrons. The number of nitrogens with two attached hydrogens (primary N) is 1. The van der Waals surface area contributed by atoms with Crippen molar-refractivity contribution in [3.8, 4) is 0 Å². The van der Waals surface area contributed by atoms with Crippen LogP contribution in [0.1, 0.15) is 56.3 Å². The lowest BCUT2D eigenvalue weighted by atomic mass is 10.0. The van der Waals surface area contributed by atoms with E-state index >= 15 is 0 Å². The summed E-state index contributed by atoms with van der Waals surface area (Å²) in [6.07, 6.45) is 5.12. The van der Waals surface area contributed by atoms with Crippen LogP contribution < -0.4 is 11.1 Å². The molecule has 0 bridgehead atoms. The lowest BCUT2D eigenvalue weighted by molar-refractivity contribution is 0.0931. The van der Waals surface area contributed by atoms with Crippen molar-refractivity contribution in [1.82, 2.24) is 5.32 Å². The van der Waals surface area contributed by atoms with Gasteiger partial charge in [0, 0.05) is 11.6 Å². The summed E-state index contributed by atoms with van der Waals surface area (Å²) in [7, 11) is 0. The van der Waals surface area contributed by atoms with Gasteiger partial charge in [0.2, 0.25) is 0 Å². The van der Waals surface area contributed by atoms with Crippen molar-refractivity contribution in [2.24, 2.45) is 0 Å². The van der Waals surface area contributed by atoms with Gasteiger partial charge in [-0.15, -0.1) is 0 Å². The van der Waals surface area contributed by atoms with Crippen molar-refractivity contribution in [2.45, 2.75) is 52.0 Å². The van der Waals surface area contributed by atoms with Crippen LogP contribution in [0.4, 0.5) is 10.1 Å². The van der Waals surface area contributed by atoms with Gasteiger partial charge in [-0.2, -0.15) is 0 Å². The highest BCUT2D eigenvalue weighted by Crippen LogP contribution is 2.13. The molecule has 0 spiro atoms. The van der Waals surface area contributed by atoms with Gasteiger partial charge in [-0.25, -0.2) is 4.39 Å². The fourth-order valence-electron chi connectivity index (χ4n) is 2.02. The minimum absolute atomic E-state index is 0.0626. The molecule has 0 heterocycles. The summed E-state index contributed by atoms with van der Waals surface area (Å²) in [5.41, 5.74) is 5.78. The van der Waals surface area contributed by atoms with E-state index in [0.717, 1.165) is 32.1 Å². The van der Waals surface area contributed by atoms with Crippen molar-refractivity contribution >= 4 is 11.6 Å². The number of unbranched alkanes of at least 4 members (excludes halogenated alkanes) is 1. The van der Waals surface area contributed by atoms with Gasteiger partial charge in [0.05, 0.1) is 5.69 Å². The number of hydrogen-bond acceptors (Lipinski definition) is 2. The summed E-state index contributed by atoms with van der Waals surface area (Å²) in [5, 5.41) is 2.97. The Morgan fingerprint density at radius 1 is 1.32 bits per heavy atom. The lowest BCUT2D eigenvalue weighted by Gasteiger charge is -2.18. The van der Waals surface area contributed by atoms with Gasteiger partial charge in [0.1, 0.15) is 5.82 Å². The summed E-state index contributed by atoms with van der Waals surface area (Å²) in [4.78, 5) is 12.0. The molecule has 0 aromatic heterocycles. The van der Waals surface area contributed by atoms with Gasteiger partial charge in [-0.05, 0) is 31.0 Å². The number of rotatable bonds is 7. The van der Waals surface area contributed by atoms with Crippen LogP contribution in [-0.4, -0.2) is 11.9 Å². The van der Waals surface area contributed by atoms with Gasteiger partial charge in [-0.1, -0.05) is 33.1 Å². The Morgan fingerprint density at radius 2 is 2.05 bits per heavy atom. The second-order valence-electron chi connectivity index (χ2n) is 4.84. The van der Waals surface area contributed by atoms with Crippen LogP contribution in [0.3, 0.4) is 0 Å². The van der Waals surface area contributed by atoms with Crippen LogP contribution in [0, 0.1) is 5.82 Å². The maximum absolute atomic E-state index is 13.3. The molecular weight excluding hydrogens is 243 g/mol. The van der Waals surface area contributed by atoms with Crippen molar-refractivity contribution in [1.29, 1.82) is 0 Å². The molecule has 4 heteroatoms. The third-order valence-electron chi connectivity index (χ3n) is 3.14. The standard InChI is InChI=1S/C15H23FN2O/c1-3-5-7-12(6-4-2)18-15(19)11-8-9-14(17)13(16)10-11/h8-10,12H,3-7,17H2,1-2H3,(H,18,19). The van der Waals surface area contributed by atoms with Crippen molar-refractivity contribution in [3.63, 3.8) is 0 Å². The Morgan fingerprint density at radius 3 is 2.63 bits per heavy atom. The summed E-state index contributed by atoms with van der Waals surface area (Å²) in [5.74, 6) is -0.776. The van der Waals surface area contributed by atoms with Crippen molar-refractivity contribution < 1.29 is 9.18 Å². The van der Waals surface area contributed by atoms with Gasteiger partial charge >= 0.3 is 0 Å². The van der Waals surface area contributed by atoms with Gasteiger partial charge < -0.3 is 11.1 Å². The molecule has 0 saturated carbocycles. The second-order valence-corrected chi connectivity index (χ2v) is 4.84. The van der Waals surface area contributed by atoms with E-state index in [1.807, 2.05) is 0 Å². The molecule has 1 aromatic rings. The molecule has 0 aliphatic rings. The van der Waals surface area contributed by atoms with Crippen LogP contribution in [0.15, 0.2) is 18.2 Å². The number of anilines is 1. The van der Waals surface area contributed by atoms with Gasteiger partial charge in [-0.3, -0.25) is 4.79 Å². The van der Waals surface area contributed by atoms with Crippen LogP contribution in [0.2, 0.25) is 0 Å². The van der Waals surface area contributed by atoms with E-state index < -0.39 is 5.82 Å². The average Bonchev–Trinajstić information content (AvgIpc) is 2.39. The number of hydrogen-bond donors (Lipinski definition) is 2. The molecule has 0 saturated heterocycles. The summed E-state index contributed by atoms with van der Waals surface area (Å²) in [6.45, 7) is 4.22. The Balaban J connectivity index is 2.66.